The lowest BCUT2D eigenvalue weighted by Gasteiger charge is -2.29. The monoisotopic (exact) mass is 393 g/mol. The first-order valence-electron chi connectivity index (χ1n) is 9.26. The molecule has 0 radical (unpaired) electrons. The smallest absolute Gasteiger partial charge is 0.277 e. The van der Waals surface area contributed by atoms with Crippen molar-refractivity contribution in [2.75, 3.05) is 16.8 Å². The van der Waals surface area contributed by atoms with Crippen LogP contribution in [0.2, 0.25) is 0 Å². The number of carbonyl (C=O) groups is 1. The number of anilines is 2. The first kappa shape index (κ1) is 18.8. The Morgan fingerprint density at radius 2 is 2.00 bits per heavy atom. The average Bonchev–Trinajstić information content (AvgIpc) is 2.78. The van der Waals surface area contributed by atoms with Crippen molar-refractivity contribution in [3.05, 3.63) is 82.8 Å². The molecule has 4 rings (SSSR count). The number of aromatic nitrogens is 2. The number of halogens is 1. The van der Waals surface area contributed by atoms with Gasteiger partial charge in [0.1, 0.15) is 11.6 Å². The number of hydrogen-bond acceptors (Lipinski definition) is 6. The zero-order valence-electron chi connectivity index (χ0n) is 15.6. The molecule has 148 valence electrons. The lowest BCUT2D eigenvalue weighted by atomic mass is 9.96. The van der Waals surface area contributed by atoms with E-state index in [0.717, 1.165) is 11.1 Å². The van der Waals surface area contributed by atoms with E-state index in [0.29, 0.717) is 43.4 Å². The van der Waals surface area contributed by atoms with Crippen LogP contribution >= 0.6 is 0 Å². The number of nitrogens with zero attached hydrogens (tertiary/aromatic N) is 3. The molecule has 0 aliphatic carbocycles. The molecule has 0 spiro atoms. The van der Waals surface area contributed by atoms with Crippen LogP contribution in [0.4, 0.5) is 16.2 Å². The van der Waals surface area contributed by atoms with Gasteiger partial charge in [-0.2, -0.15) is 4.98 Å². The van der Waals surface area contributed by atoms with Gasteiger partial charge >= 0.3 is 0 Å². The summed E-state index contributed by atoms with van der Waals surface area (Å²) in [6.07, 6.45) is 2.11. The molecule has 1 amide bonds. The fraction of sp³-hybridized carbons (Fsp3) is 0.190. The molecule has 0 atom stereocenters. The van der Waals surface area contributed by atoms with E-state index in [1.165, 1.54) is 11.5 Å². The van der Waals surface area contributed by atoms with Gasteiger partial charge in [0, 0.05) is 25.8 Å². The number of hydroxylamine groups is 1. The molecule has 1 aromatic heterocycles. The largest absolute Gasteiger partial charge is 0.366 e. The van der Waals surface area contributed by atoms with E-state index in [9.17, 15) is 9.18 Å². The van der Waals surface area contributed by atoms with Gasteiger partial charge in [0.25, 0.3) is 5.91 Å². The third-order valence-electron chi connectivity index (χ3n) is 4.92. The summed E-state index contributed by atoms with van der Waals surface area (Å²) in [5.41, 5.74) is 3.72. The minimum absolute atomic E-state index is 0.164. The third-order valence-corrected chi connectivity index (χ3v) is 4.92. The van der Waals surface area contributed by atoms with Crippen molar-refractivity contribution in [2.45, 2.75) is 19.5 Å². The molecule has 2 heterocycles. The van der Waals surface area contributed by atoms with Gasteiger partial charge in [-0.25, -0.2) is 14.9 Å². The van der Waals surface area contributed by atoms with E-state index in [2.05, 4.69) is 15.3 Å². The number of hydrogen-bond donors (Lipinski definition) is 3. The quantitative estimate of drug-likeness (QED) is 0.456. The normalized spacial score (nSPS) is 13.0. The van der Waals surface area contributed by atoms with Crippen LogP contribution in [0.15, 0.2) is 54.7 Å². The molecule has 29 heavy (non-hydrogen) atoms. The summed E-state index contributed by atoms with van der Waals surface area (Å²) in [7, 11) is 0. The lowest BCUT2D eigenvalue weighted by molar-refractivity contribution is 0.0701. The Bertz CT molecular complexity index is 1030. The molecular formula is C21H20FN5O2. The molecule has 0 fully saturated rings. The maximum atomic E-state index is 14.6. The van der Waals surface area contributed by atoms with E-state index in [-0.39, 0.29) is 5.56 Å². The highest BCUT2D eigenvalue weighted by Crippen LogP contribution is 2.26. The van der Waals surface area contributed by atoms with Crippen LogP contribution in [0.25, 0.3) is 0 Å². The minimum Gasteiger partial charge on any atom is -0.366 e. The zero-order valence-corrected chi connectivity index (χ0v) is 15.6. The van der Waals surface area contributed by atoms with E-state index in [1.54, 1.807) is 12.3 Å². The van der Waals surface area contributed by atoms with Crippen molar-refractivity contribution in [3.63, 3.8) is 0 Å². The second-order valence-electron chi connectivity index (χ2n) is 6.76. The van der Waals surface area contributed by atoms with Crippen LogP contribution in [0.3, 0.4) is 0 Å². The van der Waals surface area contributed by atoms with E-state index < -0.39 is 11.7 Å². The van der Waals surface area contributed by atoms with E-state index in [1.807, 2.05) is 41.3 Å². The Labute approximate surface area is 167 Å². The first-order valence-corrected chi connectivity index (χ1v) is 9.26. The summed E-state index contributed by atoms with van der Waals surface area (Å²) < 4.78 is 14.6. The van der Waals surface area contributed by atoms with Crippen molar-refractivity contribution < 1.29 is 14.4 Å². The zero-order chi connectivity index (χ0) is 20.2. The number of fused-ring (bicyclic) bond motifs is 1. The van der Waals surface area contributed by atoms with Gasteiger partial charge in [0.05, 0.1) is 5.56 Å². The van der Waals surface area contributed by atoms with Crippen LogP contribution in [0.1, 0.15) is 27.0 Å². The van der Waals surface area contributed by atoms with Crippen molar-refractivity contribution in [1.82, 2.24) is 15.4 Å². The van der Waals surface area contributed by atoms with Gasteiger partial charge in [-0.1, -0.05) is 36.4 Å². The van der Waals surface area contributed by atoms with Crippen molar-refractivity contribution in [2.24, 2.45) is 0 Å². The van der Waals surface area contributed by atoms with Crippen molar-refractivity contribution in [3.8, 4) is 0 Å². The highest BCUT2D eigenvalue weighted by atomic mass is 19.1. The van der Waals surface area contributed by atoms with Gasteiger partial charge in [0.2, 0.25) is 5.95 Å². The first-order chi connectivity index (χ1) is 14.2. The Kier molecular flexibility index (Phi) is 5.35. The summed E-state index contributed by atoms with van der Waals surface area (Å²) in [5, 5.41) is 12.0. The summed E-state index contributed by atoms with van der Waals surface area (Å²) in [6, 6.07) is 14.9. The Morgan fingerprint density at radius 1 is 1.17 bits per heavy atom. The Hall–Kier alpha value is -3.52. The summed E-state index contributed by atoms with van der Waals surface area (Å²) in [6.45, 7) is 1.62. The summed E-state index contributed by atoms with van der Waals surface area (Å²) in [5.74, 6) is -0.168. The number of nitrogens with one attached hydrogen (secondary N) is 2. The molecular weight excluding hydrogens is 373 g/mol. The molecule has 3 aromatic rings. The topological polar surface area (TPSA) is 90.4 Å². The minimum atomic E-state index is -0.853. The van der Waals surface area contributed by atoms with Crippen LogP contribution in [0, 0.1) is 5.82 Å². The predicted molar refractivity (Wildman–Crippen MR) is 106 cm³/mol. The molecule has 0 unspecified atom stereocenters. The summed E-state index contributed by atoms with van der Waals surface area (Å²) >= 11 is 0. The fourth-order valence-corrected chi connectivity index (χ4v) is 3.41. The third kappa shape index (κ3) is 4.02. The Balaban J connectivity index is 1.49. The SMILES string of the molecule is O=C(NO)c1ccc2c(c1F)CCN(c1nccc(NCc3ccccc3)n1)C2. The second kappa shape index (κ2) is 8.24. The van der Waals surface area contributed by atoms with Gasteiger partial charge in [-0.05, 0) is 35.2 Å². The molecule has 1 aliphatic heterocycles. The van der Waals surface area contributed by atoms with Gasteiger partial charge < -0.3 is 10.2 Å². The Morgan fingerprint density at radius 3 is 2.79 bits per heavy atom. The molecule has 0 saturated carbocycles. The molecule has 3 N–H and O–H groups in total. The second-order valence-corrected chi connectivity index (χ2v) is 6.76. The molecule has 0 saturated heterocycles. The average molecular weight is 393 g/mol. The molecule has 1 aliphatic rings. The lowest BCUT2D eigenvalue weighted by Crippen LogP contribution is -2.33. The standard InChI is InChI=1S/C21H20FN5O2/c22-19-16-9-11-27(13-15(16)6-7-17(19)20(28)26-29)21-23-10-8-18(25-21)24-12-14-4-2-1-3-5-14/h1-8,10,29H,9,11-13H2,(H,26,28)(H,23,24,25). The van der Waals surface area contributed by atoms with Gasteiger partial charge in [-0.15, -0.1) is 0 Å². The number of rotatable bonds is 5. The fourth-order valence-electron chi connectivity index (χ4n) is 3.41. The number of carbonyl (C=O) groups excluding carboxylic acids is 1. The van der Waals surface area contributed by atoms with Crippen LogP contribution in [-0.4, -0.2) is 27.6 Å². The van der Waals surface area contributed by atoms with Crippen molar-refractivity contribution in [1.29, 1.82) is 0 Å². The van der Waals surface area contributed by atoms with Crippen molar-refractivity contribution >= 4 is 17.7 Å². The highest BCUT2D eigenvalue weighted by Gasteiger charge is 2.24. The van der Waals surface area contributed by atoms with E-state index in [4.69, 9.17) is 5.21 Å². The maximum absolute atomic E-state index is 14.6. The molecule has 7 nitrogen and oxygen atoms in total. The predicted octanol–water partition coefficient (Wildman–Crippen LogP) is 2.91. The molecule has 2 aromatic carbocycles. The van der Waals surface area contributed by atoms with Crippen LogP contribution in [-0.2, 0) is 19.5 Å². The highest BCUT2D eigenvalue weighted by molar-refractivity contribution is 5.94. The maximum Gasteiger partial charge on any atom is 0.277 e. The van der Waals surface area contributed by atoms with E-state index >= 15 is 0 Å². The molecule has 8 heteroatoms. The van der Waals surface area contributed by atoms with Gasteiger partial charge in [-0.3, -0.25) is 10.0 Å². The number of amides is 1. The van der Waals surface area contributed by atoms with Crippen LogP contribution in [0.5, 0.6) is 0 Å². The molecule has 0 bridgehead atoms. The van der Waals surface area contributed by atoms with Crippen LogP contribution < -0.4 is 15.7 Å². The van der Waals surface area contributed by atoms with Gasteiger partial charge in [0.15, 0.2) is 0 Å². The summed E-state index contributed by atoms with van der Waals surface area (Å²) in [4.78, 5) is 22.5. The number of benzene rings is 2.